The molecule has 36 heavy (non-hydrogen) atoms. The number of methoxy groups -OCH3 is 1. The lowest BCUT2D eigenvalue weighted by atomic mass is 9.95. The fourth-order valence-corrected chi connectivity index (χ4v) is 5.06. The zero-order valence-electron chi connectivity index (χ0n) is 20.0. The lowest BCUT2D eigenvalue weighted by molar-refractivity contribution is -0.132. The summed E-state index contributed by atoms with van der Waals surface area (Å²) in [5, 5.41) is 11.3. The molecule has 2 heterocycles. The van der Waals surface area contributed by atoms with Crippen molar-refractivity contribution in [3.8, 4) is 5.75 Å². The Labute approximate surface area is 210 Å². The molecule has 3 aromatic rings. The Morgan fingerprint density at radius 3 is 2.58 bits per heavy atom. The maximum Gasteiger partial charge on any atom is 0.350 e. The first-order valence-corrected chi connectivity index (χ1v) is 11.9. The molecule has 1 aromatic heterocycles. The molecule has 0 radical (unpaired) electrons. The number of ether oxygens (including phenoxy) is 2. The monoisotopic (exact) mass is 510 g/mol. The molecule has 1 aliphatic heterocycles. The molecule has 1 aliphatic rings. The molecule has 0 saturated carbocycles. The van der Waals surface area contributed by atoms with E-state index in [9.17, 15) is 23.9 Å². The number of aliphatic hydroxyl groups is 1. The summed E-state index contributed by atoms with van der Waals surface area (Å²) < 4.78 is 24.6. The fourth-order valence-electron chi connectivity index (χ4n) is 4.07. The third kappa shape index (κ3) is 4.35. The van der Waals surface area contributed by atoms with Gasteiger partial charge in [-0.1, -0.05) is 23.5 Å². The number of thiazole rings is 1. The van der Waals surface area contributed by atoms with E-state index < -0.39 is 35.3 Å². The SMILES string of the molecule is CCOC(=O)c1sc(N2C(=O)C(=O)C(=C(O)c3ccc(OC)c(C)c3)[C@@H]2c2cccc(F)c2)nc1C. The first-order valence-electron chi connectivity index (χ1n) is 11.0. The number of carbonyl (C=O) groups is 3. The zero-order chi connectivity index (χ0) is 26.1. The minimum Gasteiger partial charge on any atom is -0.507 e. The Morgan fingerprint density at radius 2 is 1.94 bits per heavy atom. The summed E-state index contributed by atoms with van der Waals surface area (Å²) in [4.78, 5) is 44.5. The Balaban J connectivity index is 1.92. The molecular weight excluding hydrogens is 487 g/mol. The van der Waals surface area contributed by atoms with Gasteiger partial charge in [0.25, 0.3) is 5.78 Å². The zero-order valence-corrected chi connectivity index (χ0v) is 20.8. The number of amides is 1. The summed E-state index contributed by atoms with van der Waals surface area (Å²) in [5.41, 5.74) is 1.34. The molecule has 1 saturated heterocycles. The number of nitrogens with zero attached hydrogens (tertiary/aromatic N) is 2. The molecule has 1 fully saturated rings. The second-order valence-electron chi connectivity index (χ2n) is 8.04. The van der Waals surface area contributed by atoms with Gasteiger partial charge in [-0.05, 0) is 62.2 Å². The van der Waals surface area contributed by atoms with E-state index in [1.807, 2.05) is 0 Å². The van der Waals surface area contributed by atoms with Gasteiger partial charge in [0.2, 0.25) is 0 Å². The standard InChI is InChI=1S/C26H23FN2O6S/c1-5-35-25(33)23-14(3)28-26(36-23)29-20(15-7-6-8-17(27)12-15)19(22(31)24(29)32)21(30)16-9-10-18(34-4)13(2)11-16/h6-12,20,30H,5H2,1-4H3/t20-/m0/s1. The smallest absolute Gasteiger partial charge is 0.350 e. The number of Topliss-reactive ketones (excluding diaryl/α,β-unsaturated/α-hetero) is 1. The molecule has 2 aromatic carbocycles. The largest absolute Gasteiger partial charge is 0.507 e. The highest BCUT2D eigenvalue weighted by atomic mass is 32.1. The van der Waals surface area contributed by atoms with Crippen molar-refractivity contribution in [2.75, 3.05) is 18.6 Å². The Kier molecular flexibility index (Phi) is 6.89. The highest BCUT2D eigenvalue weighted by Gasteiger charge is 2.48. The van der Waals surface area contributed by atoms with Gasteiger partial charge in [0, 0.05) is 5.56 Å². The van der Waals surface area contributed by atoms with Gasteiger partial charge in [0.15, 0.2) is 5.13 Å². The van der Waals surface area contributed by atoms with Crippen LogP contribution in [-0.4, -0.2) is 41.5 Å². The van der Waals surface area contributed by atoms with Crippen LogP contribution in [0.25, 0.3) is 5.76 Å². The number of aliphatic hydroxyl groups excluding tert-OH is 1. The highest BCUT2D eigenvalue weighted by molar-refractivity contribution is 7.17. The van der Waals surface area contributed by atoms with Gasteiger partial charge in [0.1, 0.15) is 22.2 Å². The van der Waals surface area contributed by atoms with Crippen molar-refractivity contribution in [2.24, 2.45) is 0 Å². The van der Waals surface area contributed by atoms with E-state index in [0.29, 0.717) is 17.0 Å². The fraction of sp³-hybridized carbons (Fsp3) is 0.231. The number of benzene rings is 2. The minimum absolute atomic E-state index is 0.0527. The number of rotatable bonds is 6. The van der Waals surface area contributed by atoms with Crippen molar-refractivity contribution in [2.45, 2.75) is 26.8 Å². The molecule has 8 nitrogen and oxygen atoms in total. The summed E-state index contributed by atoms with van der Waals surface area (Å²) in [6, 6.07) is 9.04. The Hall–Kier alpha value is -4.05. The van der Waals surface area contributed by atoms with Gasteiger partial charge >= 0.3 is 11.9 Å². The van der Waals surface area contributed by atoms with Crippen LogP contribution < -0.4 is 9.64 Å². The second-order valence-corrected chi connectivity index (χ2v) is 9.02. The van der Waals surface area contributed by atoms with Crippen LogP contribution in [0, 0.1) is 19.7 Å². The van der Waals surface area contributed by atoms with Gasteiger partial charge in [-0.2, -0.15) is 0 Å². The highest BCUT2D eigenvalue weighted by Crippen LogP contribution is 2.44. The van der Waals surface area contributed by atoms with E-state index in [4.69, 9.17) is 9.47 Å². The summed E-state index contributed by atoms with van der Waals surface area (Å²) in [6.45, 7) is 5.17. The van der Waals surface area contributed by atoms with Crippen molar-refractivity contribution in [3.05, 3.63) is 81.1 Å². The van der Waals surface area contributed by atoms with E-state index in [0.717, 1.165) is 16.2 Å². The lowest BCUT2D eigenvalue weighted by Crippen LogP contribution is -2.29. The predicted molar refractivity (Wildman–Crippen MR) is 132 cm³/mol. The van der Waals surface area contributed by atoms with Crippen molar-refractivity contribution in [1.29, 1.82) is 0 Å². The third-order valence-corrected chi connectivity index (χ3v) is 6.87. The molecule has 10 heteroatoms. The molecule has 0 aliphatic carbocycles. The van der Waals surface area contributed by atoms with Crippen molar-refractivity contribution >= 4 is 39.9 Å². The predicted octanol–water partition coefficient (Wildman–Crippen LogP) is 4.71. The van der Waals surface area contributed by atoms with E-state index in [1.165, 1.54) is 25.3 Å². The number of aromatic nitrogens is 1. The quantitative estimate of drug-likeness (QED) is 0.222. The van der Waals surface area contributed by atoms with Crippen LogP contribution >= 0.6 is 11.3 Å². The molecule has 0 spiro atoms. The van der Waals surface area contributed by atoms with Gasteiger partial charge in [-0.15, -0.1) is 0 Å². The number of halogens is 1. The third-order valence-electron chi connectivity index (χ3n) is 5.73. The molecular formula is C26H23FN2O6S. The van der Waals surface area contributed by atoms with Gasteiger partial charge in [0.05, 0.1) is 31.0 Å². The maximum atomic E-state index is 14.2. The molecule has 1 N–H and O–H groups in total. The summed E-state index contributed by atoms with van der Waals surface area (Å²) in [7, 11) is 1.51. The summed E-state index contributed by atoms with van der Waals surface area (Å²) in [5.74, 6) is -2.94. The van der Waals surface area contributed by atoms with Crippen molar-refractivity contribution in [3.63, 3.8) is 0 Å². The average molecular weight is 511 g/mol. The molecule has 1 atom stereocenters. The molecule has 186 valence electrons. The lowest BCUT2D eigenvalue weighted by Gasteiger charge is -2.23. The van der Waals surface area contributed by atoms with Crippen molar-refractivity contribution in [1.82, 2.24) is 4.98 Å². The van der Waals surface area contributed by atoms with E-state index >= 15 is 0 Å². The van der Waals surface area contributed by atoms with Crippen molar-refractivity contribution < 1.29 is 33.4 Å². The topological polar surface area (TPSA) is 106 Å². The van der Waals surface area contributed by atoms with Crippen LogP contribution in [0.3, 0.4) is 0 Å². The molecule has 0 unspecified atom stereocenters. The minimum atomic E-state index is -1.18. The second kappa shape index (κ2) is 9.90. The van der Waals surface area contributed by atoms with E-state index in [1.54, 1.807) is 45.0 Å². The van der Waals surface area contributed by atoms with Gasteiger partial charge < -0.3 is 14.6 Å². The summed E-state index contributed by atoms with van der Waals surface area (Å²) >= 11 is 0.883. The van der Waals surface area contributed by atoms with Crippen LogP contribution in [0.5, 0.6) is 5.75 Å². The van der Waals surface area contributed by atoms with Gasteiger partial charge in [-0.25, -0.2) is 14.2 Å². The van der Waals surface area contributed by atoms with Crippen LogP contribution in [-0.2, 0) is 14.3 Å². The maximum absolute atomic E-state index is 14.2. The van der Waals surface area contributed by atoms with Crippen LogP contribution in [0.15, 0.2) is 48.0 Å². The summed E-state index contributed by atoms with van der Waals surface area (Å²) in [6.07, 6.45) is 0. The number of carbonyl (C=O) groups excluding carboxylic acids is 3. The first-order chi connectivity index (χ1) is 17.2. The number of aryl methyl sites for hydroxylation is 2. The molecule has 1 amide bonds. The first kappa shape index (κ1) is 25.1. The number of anilines is 1. The molecule has 4 rings (SSSR count). The number of hydrogen-bond acceptors (Lipinski definition) is 8. The average Bonchev–Trinajstić information content (AvgIpc) is 3.35. The van der Waals surface area contributed by atoms with Crippen LogP contribution in [0.1, 0.15) is 45.0 Å². The normalized spacial score (nSPS) is 16.9. The number of ketones is 1. The van der Waals surface area contributed by atoms with Gasteiger partial charge in [-0.3, -0.25) is 14.5 Å². The van der Waals surface area contributed by atoms with E-state index in [2.05, 4.69) is 4.98 Å². The number of hydrogen-bond donors (Lipinski definition) is 1. The Bertz CT molecular complexity index is 1410. The van der Waals surface area contributed by atoms with Crippen LogP contribution in [0.2, 0.25) is 0 Å². The number of esters is 1. The molecule has 0 bridgehead atoms. The van der Waals surface area contributed by atoms with E-state index in [-0.39, 0.29) is 33.3 Å². The van der Waals surface area contributed by atoms with Crippen LogP contribution in [0.4, 0.5) is 9.52 Å². The Morgan fingerprint density at radius 1 is 1.19 bits per heavy atom.